The van der Waals surface area contributed by atoms with Gasteiger partial charge in [-0.05, 0) is 38.8 Å². The van der Waals surface area contributed by atoms with Gasteiger partial charge in [-0.2, -0.15) is 0 Å². The highest BCUT2D eigenvalue weighted by molar-refractivity contribution is 5.14. The summed E-state index contributed by atoms with van der Waals surface area (Å²) in [5, 5.41) is 3.78. The first-order valence-corrected chi connectivity index (χ1v) is 8.44. The molecule has 116 valence electrons. The molecule has 0 bridgehead atoms. The number of rotatable bonds is 7. The highest BCUT2D eigenvalue weighted by atomic mass is 15.2. The molecular formula is C18H29N3. The Morgan fingerprint density at radius 3 is 2.71 bits per heavy atom. The van der Waals surface area contributed by atoms with Crippen LogP contribution in [0.1, 0.15) is 31.7 Å². The zero-order valence-corrected chi connectivity index (χ0v) is 13.5. The van der Waals surface area contributed by atoms with Gasteiger partial charge in [0.2, 0.25) is 0 Å². The van der Waals surface area contributed by atoms with Gasteiger partial charge in [0.05, 0.1) is 0 Å². The van der Waals surface area contributed by atoms with E-state index in [1.807, 2.05) is 0 Å². The van der Waals surface area contributed by atoms with E-state index in [9.17, 15) is 0 Å². The Kier molecular flexibility index (Phi) is 4.94. The van der Waals surface area contributed by atoms with Crippen molar-refractivity contribution in [2.75, 3.05) is 26.7 Å². The van der Waals surface area contributed by atoms with Crippen molar-refractivity contribution in [3.05, 3.63) is 35.9 Å². The predicted molar refractivity (Wildman–Crippen MR) is 88.4 cm³/mol. The van der Waals surface area contributed by atoms with E-state index in [2.05, 4.69) is 59.4 Å². The second-order valence-corrected chi connectivity index (χ2v) is 6.86. The van der Waals surface area contributed by atoms with Crippen LogP contribution in [-0.4, -0.2) is 54.6 Å². The number of nitrogens with one attached hydrogen (secondary N) is 1. The molecule has 1 N–H and O–H groups in total. The molecule has 3 rings (SSSR count). The third kappa shape index (κ3) is 4.29. The Bertz CT molecular complexity index is 429. The fourth-order valence-corrected chi connectivity index (χ4v) is 3.31. The summed E-state index contributed by atoms with van der Waals surface area (Å²) < 4.78 is 0. The molecule has 1 saturated heterocycles. The maximum absolute atomic E-state index is 3.78. The molecule has 0 spiro atoms. The summed E-state index contributed by atoms with van der Waals surface area (Å²) in [5.74, 6) is 0. The molecule has 1 aromatic rings. The van der Waals surface area contributed by atoms with Crippen LogP contribution in [0.3, 0.4) is 0 Å². The molecule has 2 fully saturated rings. The van der Waals surface area contributed by atoms with Crippen molar-refractivity contribution >= 4 is 0 Å². The van der Waals surface area contributed by atoms with Crippen LogP contribution in [0.5, 0.6) is 0 Å². The molecule has 0 amide bonds. The van der Waals surface area contributed by atoms with Crippen LogP contribution in [0.2, 0.25) is 0 Å². The molecule has 3 heteroatoms. The average Bonchev–Trinajstić information content (AvgIpc) is 3.26. The Labute approximate surface area is 129 Å². The molecule has 2 aliphatic rings. The molecule has 1 heterocycles. The fraction of sp³-hybridized carbons (Fsp3) is 0.667. The lowest BCUT2D eigenvalue weighted by Crippen LogP contribution is -2.43. The quantitative estimate of drug-likeness (QED) is 0.830. The van der Waals surface area contributed by atoms with Crippen molar-refractivity contribution in [1.29, 1.82) is 0 Å². The van der Waals surface area contributed by atoms with Crippen molar-refractivity contribution < 1.29 is 0 Å². The summed E-state index contributed by atoms with van der Waals surface area (Å²) in [6, 6.07) is 13.0. The molecule has 0 aromatic heterocycles. The molecule has 1 aliphatic heterocycles. The number of likely N-dealkylation sites (tertiary alicyclic amines) is 1. The molecule has 2 unspecified atom stereocenters. The molecule has 3 nitrogen and oxygen atoms in total. The van der Waals surface area contributed by atoms with E-state index in [1.54, 1.807) is 0 Å². The molecule has 1 aromatic carbocycles. The van der Waals surface area contributed by atoms with Gasteiger partial charge in [-0.1, -0.05) is 30.3 Å². The monoisotopic (exact) mass is 287 g/mol. The Morgan fingerprint density at radius 2 is 2.00 bits per heavy atom. The molecule has 2 atom stereocenters. The van der Waals surface area contributed by atoms with Gasteiger partial charge < -0.3 is 5.32 Å². The van der Waals surface area contributed by atoms with E-state index in [1.165, 1.54) is 37.9 Å². The van der Waals surface area contributed by atoms with Gasteiger partial charge in [-0.3, -0.25) is 9.80 Å². The van der Waals surface area contributed by atoms with E-state index in [0.717, 1.165) is 19.1 Å². The highest BCUT2D eigenvalue weighted by Gasteiger charge is 2.29. The molecule has 1 aliphatic carbocycles. The molecule has 21 heavy (non-hydrogen) atoms. The zero-order valence-electron chi connectivity index (χ0n) is 13.5. The van der Waals surface area contributed by atoms with Gasteiger partial charge in [0, 0.05) is 44.3 Å². The summed E-state index contributed by atoms with van der Waals surface area (Å²) in [6.07, 6.45) is 4.08. The minimum absolute atomic E-state index is 0.653. The number of likely N-dealkylation sites (N-methyl/N-ethyl adjacent to an activating group) is 1. The lowest BCUT2D eigenvalue weighted by atomic mass is 10.2. The van der Waals surface area contributed by atoms with Crippen molar-refractivity contribution in [3.63, 3.8) is 0 Å². The third-order valence-corrected chi connectivity index (χ3v) is 5.04. The smallest absolute Gasteiger partial charge is 0.0234 e. The van der Waals surface area contributed by atoms with E-state index >= 15 is 0 Å². The Morgan fingerprint density at radius 1 is 1.24 bits per heavy atom. The average molecular weight is 287 g/mol. The summed E-state index contributed by atoms with van der Waals surface area (Å²) >= 11 is 0. The number of hydrogen-bond donors (Lipinski definition) is 1. The van der Waals surface area contributed by atoms with Gasteiger partial charge >= 0.3 is 0 Å². The largest absolute Gasteiger partial charge is 0.311 e. The van der Waals surface area contributed by atoms with Crippen LogP contribution in [0.4, 0.5) is 0 Å². The van der Waals surface area contributed by atoms with Gasteiger partial charge in [-0.15, -0.1) is 0 Å². The lowest BCUT2D eigenvalue weighted by molar-refractivity contribution is 0.234. The molecule has 0 radical (unpaired) electrons. The fourth-order valence-electron chi connectivity index (χ4n) is 3.31. The highest BCUT2D eigenvalue weighted by Crippen LogP contribution is 2.26. The van der Waals surface area contributed by atoms with Crippen molar-refractivity contribution in [2.45, 2.75) is 50.9 Å². The first-order chi connectivity index (χ1) is 10.2. The van der Waals surface area contributed by atoms with E-state index in [0.29, 0.717) is 12.1 Å². The summed E-state index contributed by atoms with van der Waals surface area (Å²) in [5.41, 5.74) is 1.43. The predicted octanol–water partition coefficient (Wildman–Crippen LogP) is 2.33. The number of hydrogen-bond acceptors (Lipinski definition) is 3. The van der Waals surface area contributed by atoms with Crippen LogP contribution in [-0.2, 0) is 6.54 Å². The van der Waals surface area contributed by atoms with Gasteiger partial charge in [0.15, 0.2) is 0 Å². The van der Waals surface area contributed by atoms with E-state index in [4.69, 9.17) is 0 Å². The maximum atomic E-state index is 3.78. The first kappa shape index (κ1) is 15.0. The minimum Gasteiger partial charge on any atom is -0.311 e. The lowest BCUT2D eigenvalue weighted by Gasteiger charge is -2.26. The van der Waals surface area contributed by atoms with Gasteiger partial charge in [-0.25, -0.2) is 0 Å². The molecular weight excluding hydrogens is 258 g/mol. The molecule has 1 saturated carbocycles. The SMILES string of the molecule is CC(CNC1CCN(Cc2ccccc2)C1)N(C)C1CC1. The van der Waals surface area contributed by atoms with Crippen molar-refractivity contribution in [3.8, 4) is 0 Å². The summed E-state index contributed by atoms with van der Waals surface area (Å²) in [7, 11) is 2.28. The summed E-state index contributed by atoms with van der Waals surface area (Å²) in [4.78, 5) is 5.12. The van der Waals surface area contributed by atoms with Gasteiger partial charge in [0.25, 0.3) is 0 Å². The van der Waals surface area contributed by atoms with E-state index in [-0.39, 0.29) is 0 Å². The van der Waals surface area contributed by atoms with Crippen molar-refractivity contribution in [2.24, 2.45) is 0 Å². The van der Waals surface area contributed by atoms with Crippen LogP contribution >= 0.6 is 0 Å². The first-order valence-electron chi connectivity index (χ1n) is 8.44. The van der Waals surface area contributed by atoms with E-state index < -0.39 is 0 Å². The summed E-state index contributed by atoms with van der Waals surface area (Å²) in [6.45, 7) is 6.98. The zero-order chi connectivity index (χ0) is 14.7. The number of nitrogens with zero attached hydrogens (tertiary/aromatic N) is 2. The topological polar surface area (TPSA) is 18.5 Å². The van der Waals surface area contributed by atoms with Crippen LogP contribution in [0, 0.1) is 0 Å². The van der Waals surface area contributed by atoms with Crippen LogP contribution < -0.4 is 5.32 Å². The van der Waals surface area contributed by atoms with Crippen molar-refractivity contribution in [1.82, 2.24) is 15.1 Å². The van der Waals surface area contributed by atoms with Crippen LogP contribution in [0.15, 0.2) is 30.3 Å². The normalized spacial score (nSPS) is 24.6. The third-order valence-electron chi connectivity index (χ3n) is 5.04. The minimum atomic E-state index is 0.653. The maximum Gasteiger partial charge on any atom is 0.0234 e. The van der Waals surface area contributed by atoms with Gasteiger partial charge in [0.1, 0.15) is 0 Å². The Balaban J connectivity index is 1.38. The number of benzene rings is 1. The second-order valence-electron chi connectivity index (χ2n) is 6.86. The standard InChI is InChI=1S/C18H29N3/c1-15(20(2)18-8-9-18)12-19-17-10-11-21(14-17)13-16-6-4-3-5-7-16/h3-7,15,17-19H,8-14H2,1-2H3. The Hall–Kier alpha value is -0.900. The van der Waals surface area contributed by atoms with Crippen LogP contribution in [0.25, 0.3) is 0 Å². The second kappa shape index (κ2) is 6.91.